The molecule has 0 aliphatic heterocycles. The molecule has 0 aromatic carbocycles. The van der Waals surface area contributed by atoms with Gasteiger partial charge in [0.05, 0.1) is 6.33 Å². The Hall–Kier alpha value is -2.12. The Labute approximate surface area is 99.1 Å². The van der Waals surface area contributed by atoms with E-state index in [0.717, 1.165) is 5.69 Å². The highest BCUT2D eigenvalue weighted by atomic mass is 19.2. The zero-order valence-electron chi connectivity index (χ0n) is 8.98. The van der Waals surface area contributed by atoms with Crippen LogP contribution in [0.1, 0.15) is 5.69 Å². The average Bonchev–Trinajstić information content (AvgIpc) is 2.84. The summed E-state index contributed by atoms with van der Waals surface area (Å²) in [6.45, 7) is 0.0823. The Bertz CT molecular complexity index is 515. The molecular weight excluding hydrogens is 252 g/mol. The second-order valence-electron chi connectivity index (χ2n) is 3.45. The molecule has 0 saturated carbocycles. The molecule has 2 rings (SSSR count). The van der Waals surface area contributed by atoms with Gasteiger partial charge in [-0.25, -0.2) is 4.98 Å². The third-order valence-corrected chi connectivity index (χ3v) is 2.25. The summed E-state index contributed by atoms with van der Waals surface area (Å²) in [4.78, 5) is 8.98. The molecule has 0 spiro atoms. The number of nitrogens with one attached hydrogen (secondary N) is 2. The maximum atomic E-state index is 13.2. The Kier molecular flexibility index (Phi) is 3.45. The van der Waals surface area contributed by atoms with E-state index in [9.17, 15) is 17.6 Å². The monoisotopic (exact) mass is 260 g/mol. The maximum Gasteiger partial charge on any atom is 0.253 e. The Morgan fingerprint density at radius 2 is 1.78 bits per heavy atom. The number of imidazole rings is 1. The van der Waals surface area contributed by atoms with Gasteiger partial charge in [0.1, 0.15) is 5.69 Å². The van der Waals surface area contributed by atoms with E-state index >= 15 is 0 Å². The van der Waals surface area contributed by atoms with Gasteiger partial charge in [0.2, 0.25) is 11.6 Å². The largest absolute Gasteiger partial charge is 0.380 e. The quantitative estimate of drug-likeness (QED) is 0.653. The van der Waals surface area contributed by atoms with Gasteiger partial charge in [-0.1, -0.05) is 0 Å². The lowest BCUT2D eigenvalue weighted by Crippen LogP contribution is -2.12. The van der Waals surface area contributed by atoms with Crippen LogP contribution >= 0.6 is 0 Å². The van der Waals surface area contributed by atoms with Crippen molar-refractivity contribution in [3.05, 3.63) is 41.7 Å². The molecule has 0 aliphatic rings. The lowest BCUT2D eigenvalue weighted by molar-refractivity contribution is 0.410. The molecule has 0 fully saturated rings. The van der Waals surface area contributed by atoms with Crippen LogP contribution in [0.2, 0.25) is 0 Å². The number of pyridine rings is 1. The molecular formula is C10H8F4N4. The highest BCUT2D eigenvalue weighted by molar-refractivity contribution is 5.45. The lowest BCUT2D eigenvalue weighted by Gasteiger charge is -2.08. The Balaban J connectivity index is 2.09. The predicted octanol–water partition coefficient (Wildman–Crippen LogP) is 2.02. The lowest BCUT2D eigenvalue weighted by atomic mass is 10.3. The summed E-state index contributed by atoms with van der Waals surface area (Å²) in [5, 5.41) is 2.28. The number of nitrogens with zero attached hydrogens (tertiary/aromatic N) is 2. The van der Waals surface area contributed by atoms with E-state index in [1.165, 1.54) is 12.5 Å². The predicted molar refractivity (Wildman–Crippen MR) is 54.9 cm³/mol. The molecule has 2 heterocycles. The van der Waals surface area contributed by atoms with E-state index in [1.54, 1.807) is 0 Å². The first-order valence-electron chi connectivity index (χ1n) is 5.00. The summed E-state index contributed by atoms with van der Waals surface area (Å²) in [6.07, 6.45) is 3.34. The number of rotatable bonds is 4. The number of halogens is 4. The standard InChI is InChI=1S/C10H8F4N4/c11-6-8(7(12)10(14)18-9(6)13)16-2-1-5-3-15-4-17-5/h3-4H,1-2H2,(H,15,17)(H,16,18). The van der Waals surface area contributed by atoms with Crippen LogP contribution in [0.4, 0.5) is 23.2 Å². The van der Waals surface area contributed by atoms with E-state index in [-0.39, 0.29) is 6.54 Å². The molecule has 0 saturated heterocycles. The van der Waals surface area contributed by atoms with Crippen molar-refractivity contribution in [1.29, 1.82) is 0 Å². The average molecular weight is 260 g/mol. The van der Waals surface area contributed by atoms with E-state index in [0.29, 0.717) is 6.42 Å². The molecule has 2 aromatic heterocycles. The fourth-order valence-corrected chi connectivity index (χ4v) is 1.39. The van der Waals surface area contributed by atoms with Gasteiger partial charge in [-0.15, -0.1) is 0 Å². The summed E-state index contributed by atoms with van der Waals surface area (Å²) in [7, 11) is 0. The molecule has 18 heavy (non-hydrogen) atoms. The van der Waals surface area contributed by atoms with Crippen LogP contribution in [-0.4, -0.2) is 21.5 Å². The SMILES string of the molecule is Fc1nc(F)c(F)c(NCCc2cnc[nH]2)c1F. The van der Waals surface area contributed by atoms with E-state index in [1.807, 2.05) is 0 Å². The van der Waals surface area contributed by atoms with Crippen molar-refractivity contribution in [2.45, 2.75) is 6.42 Å². The minimum Gasteiger partial charge on any atom is -0.380 e. The third kappa shape index (κ3) is 2.41. The first-order valence-corrected chi connectivity index (χ1v) is 5.00. The summed E-state index contributed by atoms with van der Waals surface area (Å²) < 4.78 is 51.9. The Morgan fingerprint density at radius 1 is 1.11 bits per heavy atom. The van der Waals surface area contributed by atoms with Crippen molar-refractivity contribution in [3.63, 3.8) is 0 Å². The fraction of sp³-hybridized carbons (Fsp3) is 0.200. The van der Waals surface area contributed by atoms with E-state index < -0.39 is 29.2 Å². The van der Waals surface area contributed by atoms with Crippen LogP contribution in [0, 0.1) is 23.5 Å². The van der Waals surface area contributed by atoms with Crippen molar-refractivity contribution in [3.8, 4) is 0 Å². The van der Waals surface area contributed by atoms with Gasteiger partial charge in [-0.2, -0.15) is 22.5 Å². The molecule has 4 nitrogen and oxygen atoms in total. The first-order chi connectivity index (χ1) is 8.59. The summed E-state index contributed by atoms with van der Waals surface area (Å²) in [5.74, 6) is -6.45. The smallest absolute Gasteiger partial charge is 0.253 e. The summed E-state index contributed by atoms with van der Waals surface area (Å²) in [6, 6.07) is 0. The van der Waals surface area contributed by atoms with Crippen LogP contribution in [0.15, 0.2) is 12.5 Å². The fourth-order valence-electron chi connectivity index (χ4n) is 1.39. The molecule has 0 bridgehead atoms. The second kappa shape index (κ2) is 5.03. The highest BCUT2D eigenvalue weighted by Gasteiger charge is 2.20. The number of hydrogen-bond acceptors (Lipinski definition) is 3. The molecule has 0 radical (unpaired) electrons. The van der Waals surface area contributed by atoms with Gasteiger partial charge in [0, 0.05) is 24.9 Å². The molecule has 2 N–H and O–H groups in total. The first kappa shape index (κ1) is 12.3. The van der Waals surface area contributed by atoms with Gasteiger partial charge in [0.15, 0.2) is 0 Å². The number of anilines is 1. The summed E-state index contributed by atoms with van der Waals surface area (Å²) in [5.41, 5.74) is -0.141. The van der Waals surface area contributed by atoms with Crippen molar-refractivity contribution < 1.29 is 17.6 Å². The van der Waals surface area contributed by atoms with E-state index in [2.05, 4.69) is 20.3 Å². The van der Waals surface area contributed by atoms with Gasteiger partial charge >= 0.3 is 0 Å². The van der Waals surface area contributed by atoms with E-state index in [4.69, 9.17) is 0 Å². The number of H-pyrrole nitrogens is 1. The van der Waals surface area contributed by atoms with Crippen molar-refractivity contribution in [1.82, 2.24) is 15.0 Å². The molecule has 0 amide bonds. The number of hydrogen-bond donors (Lipinski definition) is 2. The Morgan fingerprint density at radius 3 is 2.33 bits per heavy atom. The van der Waals surface area contributed by atoms with Crippen LogP contribution in [0.3, 0.4) is 0 Å². The zero-order chi connectivity index (χ0) is 13.1. The highest BCUT2D eigenvalue weighted by Crippen LogP contribution is 2.21. The molecule has 0 aliphatic carbocycles. The molecule has 96 valence electrons. The molecule has 0 atom stereocenters. The minimum absolute atomic E-state index is 0.0823. The van der Waals surface area contributed by atoms with Crippen LogP contribution in [0.25, 0.3) is 0 Å². The molecule has 2 aromatic rings. The third-order valence-electron chi connectivity index (χ3n) is 2.25. The van der Waals surface area contributed by atoms with Gasteiger partial charge in [-0.05, 0) is 0 Å². The van der Waals surface area contributed by atoms with Crippen molar-refractivity contribution in [2.75, 3.05) is 11.9 Å². The van der Waals surface area contributed by atoms with Crippen molar-refractivity contribution >= 4 is 5.69 Å². The number of aromatic amines is 1. The maximum absolute atomic E-state index is 13.2. The van der Waals surface area contributed by atoms with Crippen LogP contribution in [-0.2, 0) is 6.42 Å². The van der Waals surface area contributed by atoms with Gasteiger partial charge in [-0.3, -0.25) is 0 Å². The van der Waals surface area contributed by atoms with Crippen LogP contribution < -0.4 is 5.32 Å². The number of aromatic nitrogens is 3. The topological polar surface area (TPSA) is 53.6 Å². The summed E-state index contributed by atoms with van der Waals surface area (Å²) >= 11 is 0. The van der Waals surface area contributed by atoms with Crippen LogP contribution in [0.5, 0.6) is 0 Å². The van der Waals surface area contributed by atoms with Gasteiger partial charge in [0.25, 0.3) is 11.9 Å². The molecule has 8 heteroatoms. The van der Waals surface area contributed by atoms with Crippen molar-refractivity contribution in [2.24, 2.45) is 0 Å². The van der Waals surface area contributed by atoms with Gasteiger partial charge < -0.3 is 10.3 Å². The molecule has 0 unspecified atom stereocenters. The zero-order valence-corrected chi connectivity index (χ0v) is 8.98. The minimum atomic E-state index is -1.68. The second-order valence-corrected chi connectivity index (χ2v) is 3.45. The normalized spacial score (nSPS) is 10.7.